The van der Waals surface area contributed by atoms with Crippen LogP contribution in [0.5, 0.6) is 0 Å². The van der Waals surface area contributed by atoms with Crippen molar-refractivity contribution < 1.29 is 15.3 Å². The largest absolute Gasteiger partial charge is 0.392 e. The minimum absolute atomic E-state index is 0.149. The van der Waals surface area contributed by atoms with Crippen molar-refractivity contribution in [2.45, 2.75) is 110 Å². The normalized spacial score (nSPS) is 40.4. The summed E-state index contributed by atoms with van der Waals surface area (Å²) in [4.78, 5) is 0. The van der Waals surface area contributed by atoms with Crippen molar-refractivity contribution in [1.29, 1.82) is 0 Å². The Morgan fingerprint density at radius 2 is 1.94 bits per heavy atom. The van der Waals surface area contributed by atoms with Crippen molar-refractivity contribution in [3.05, 3.63) is 35.5 Å². The van der Waals surface area contributed by atoms with Gasteiger partial charge in [0.25, 0.3) is 0 Å². The molecule has 7 atom stereocenters. The number of fused-ring (bicyclic) bond motifs is 1. The Bertz CT molecular complexity index is 712. The van der Waals surface area contributed by atoms with Gasteiger partial charge in [0, 0.05) is 5.92 Å². The zero-order valence-electron chi connectivity index (χ0n) is 20.5. The smallest absolute Gasteiger partial charge is 0.0837 e. The van der Waals surface area contributed by atoms with E-state index in [1.54, 1.807) is 5.57 Å². The summed E-state index contributed by atoms with van der Waals surface area (Å²) in [7, 11) is 0. The number of hydrogen-bond acceptors (Lipinski definition) is 3. The van der Waals surface area contributed by atoms with Gasteiger partial charge in [-0.3, -0.25) is 0 Å². The third-order valence-corrected chi connectivity index (χ3v) is 8.97. The first kappa shape index (κ1) is 24.7. The van der Waals surface area contributed by atoms with Gasteiger partial charge in [-0.25, -0.2) is 0 Å². The fraction of sp³-hybridized carbons (Fsp3) is 0.786. The Balaban J connectivity index is 1.71. The zero-order chi connectivity index (χ0) is 23.0. The third-order valence-electron chi connectivity index (χ3n) is 8.97. The van der Waals surface area contributed by atoms with Gasteiger partial charge in [0.1, 0.15) is 0 Å². The van der Waals surface area contributed by atoms with Crippen LogP contribution in [-0.4, -0.2) is 33.1 Å². The van der Waals surface area contributed by atoms with E-state index in [0.717, 1.165) is 36.3 Å². The molecule has 3 rings (SSSR count). The maximum atomic E-state index is 10.4. The molecule has 31 heavy (non-hydrogen) atoms. The van der Waals surface area contributed by atoms with Crippen molar-refractivity contribution >= 4 is 0 Å². The summed E-state index contributed by atoms with van der Waals surface area (Å²) >= 11 is 0. The number of rotatable bonds is 6. The molecule has 0 amide bonds. The molecule has 3 fully saturated rings. The molecule has 0 aromatic heterocycles. The minimum Gasteiger partial charge on any atom is -0.392 e. The van der Waals surface area contributed by atoms with E-state index in [-0.39, 0.29) is 5.92 Å². The van der Waals surface area contributed by atoms with Crippen LogP contribution in [0.25, 0.3) is 0 Å². The Morgan fingerprint density at radius 3 is 2.61 bits per heavy atom. The van der Waals surface area contributed by atoms with Crippen LogP contribution in [0.4, 0.5) is 0 Å². The Labute approximate surface area is 190 Å². The van der Waals surface area contributed by atoms with Crippen molar-refractivity contribution in [2.24, 2.45) is 29.1 Å². The number of allylic oxidation sites excluding steroid dienone is 3. The summed E-state index contributed by atoms with van der Waals surface area (Å²) in [6, 6.07) is 0. The van der Waals surface area contributed by atoms with Crippen LogP contribution in [0.2, 0.25) is 0 Å². The zero-order valence-corrected chi connectivity index (χ0v) is 20.5. The van der Waals surface area contributed by atoms with E-state index in [4.69, 9.17) is 0 Å². The fourth-order valence-electron chi connectivity index (χ4n) is 6.91. The molecule has 176 valence electrons. The SMILES string of the molecule is C=C1/C(=C\C=C2CCC[C@@]3(C)C2CC[C@@H]3[C@H](C)CCCC(C)(C)O)C[C@H](O)[C@H](C)[C@H]1O. The quantitative estimate of drug-likeness (QED) is 0.488. The Kier molecular flexibility index (Phi) is 7.61. The topological polar surface area (TPSA) is 60.7 Å². The lowest BCUT2D eigenvalue weighted by atomic mass is 9.60. The highest BCUT2D eigenvalue weighted by Gasteiger charge is 2.50. The van der Waals surface area contributed by atoms with Crippen molar-refractivity contribution in [3.8, 4) is 0 Å². The molecule has 1 unspecified atom stereocenters. The molecule has 3 aliphatic carbocycles. The van der Waals surface area contributed by atoms with Gasteiger partial charge in [0.05, 0.1) is 17.8 Å². The molecule has 3 N–H and O–H groups in total. The molecule has 0 bridgehead atoms. The van der Waals surface area contributed by atoms with E-state index in [0.29, 0.717) is 23.7 Å². The first-order chi connectivity index (χ1) is 14.4. The standard InChI is InChI=1S/C28H46O3/c1-18(9-7-15-27(4,5)31)23-13-14-24-21(10-8-16-28(23,24)6)11-12-22-17-25(29)20(3)26(30)19(22)2/h11-12,18,20,23-26,29-31H,2,7-10,13-17H2,1,3-6H3/b21-11?,22-12-/t18-,20+,23-,24?,25+,26+,28-/m1/s1. The maximum Gasteiger partial charge on any atom is 0.0837 e. The average molecular weight is 431 g/mol. The lowest BCUT2D eigenvalue weighted by molar-refractivity contribution is 0.0283. The second kappa shape index (κ2) is 9.53. The summed E-state index contributed by atoms with van der Waals surface area (Å²) in [5.74, 6) is 1.94. The van der Waals surface area contributed by atoms with Gasteiger partial charge in [-0.05, 0) is 93.1 Å². The summed E-state index contributed by atoms with van der Waals surface area (Å²) in [5.41, 5.74) is 3.15. The van der Waals surface area contributed by atoms with Gasteiger partial charge in [0.2, 0.25) is 0 Å². The van der Waals surface area contributed by atoms with Crippen LogP contribution >= 0.6 is 0 Å². The average Bonchev–Trinajstić information content (AvgIpc) is 3.04. The second-order valence-corrected chi connectivity index (χ2v) is 11.8. The molecule has 3 nitrogen and oxygen atoms in total. The fourth-order valence-corrected chi connectivity index (χ4v) is 6.91. The highest BCUT2D eigenvalue weighted by Crippen LogP contribution is 2.60. The molecule has 0 heterocycles. The molecular weight excluding hydrogens is 384 g/mol. The first-order valence-corrected chi connectivity index (χ1v) is 12.6. The molecule has 3 heteroatoms. The Morgan fingerprint density at radius 1 is 1.23 bits per heavy atom. The predicted molar refractivity (Wildman–Crippen MR) is 129 cm³/mol. The van der Waals surface area contributed by atoms with Crippen LogP contribution in [0.3, 0.4) is 0 Å². The molecule has 0 aliphatic heterocycles. The van der Waals surface area contributed by atoms with Gasteiger partial charge < -0.3 is 15.3 Å². The number of aliphatic hydroxyl groups excluding tert-OH is 2. The van der Waals surface area contributed by atoms with E-state index in [1.165, 1.54) is 32.1 Å². The number of aliphatic hydroxyl groups is 3. The minimum atomic E-state index is -0.648. The van der Waals surface area contributed by atoms with Crippen LogP contribution in [0.1, 0.15) is 92.4 Å². The van der Waals surface area contributed by atoms with Gasteiger partial charge in [-0.2, -0.15) is 0 Å². The van der Waals surface area contributed by atoms with E-state index in [2.05, 4.69) is 32.6 Å². The van der Waals surface area contributed by atoms with Gasteiger partial charge in [0.15, 0.2) is 0 Å². The lowest BCUT2D eigenvalue weighted by Crippen LogP contribution is -2.36. The van der Waals surface area contributed by atoms with Crippen LogP contribution in [0.15, 0.2) is 35.5 Å². The highest BCUT2D eigenvalue weighted by molar-refractivity contribution is 5.39. The third kappa shape index (κ3) is 5.37. The molecule has 0 radical (unpaired) electrons. The molecular formula is C28H46O3. The molecule has 0 spiro atoms. The van der Waals surface area contributed by atoms with Crippen molar-refractivity contribution in [3.63, 3.8) is 0 Å². The van der Waals surface area contributed by atoms with Crippen LogP contribution in [0, 0.1) is 29.1 Å². The summed E-state index contributed by atoms with van der Waals surface area (Å²) in [5, 5.41) is 30.7. The van der Waals surface area contributed by atoms with Crippen molar-refractivity contribution in [1.82, 2.24) is 0 Å². The van der Waals surface area contributed by atoms with Crippen LogP contribution in [-0.2, 0) is 0 Å². The van der Waals surface area contributed by atoms with Gasteiger partial charge in [-0.15, -0.1) is 0 Å². The predicted octanol–water partition coefficient (Wildman–Crippen LogP) is 5.95. The van der Waals surface area contributed by atoms with E-state index in [9.17, 15) is 15.3 Å². The molecule has 3 saturated carbocycles. The molecule has 0 aromatic carbocycles. The molecule has 3 aliphatic rings. The Hall–Kier alpha value is -0.900. The number of hydrogen-bond donors (Lipinski definition) is 3. The summed E-state index contributed by atoms with van der Waals surface area (Å²) in [6.45, 7) is 14.8. The van der Waals surface area contributed by atoms with E-state index >= 15 is 0 Å². The summed E-state index contributed by atoms with van der Waals surface area (Å²) < 4.78 is 0. The maximum absolute atomic E-state index is 10.4. The first-order valence-electron chi connectivity index (χ1n) is 12.6. The molecule has 0 aromatic rings. The van der Waals surface area contributed by atoms with Gasteiger partial charge >= 0.3 is 0 Å². The monoisotopic (exact) mass is 430 g/mol. The van der Waals surface area contributed by atoms with Crippen LogP contribution < -0.4 is 0 Å². The highest BCUT2D eigenvalue weighted by atomic mass is 16.3. The van der Waals surface area contributed by atoms with E-state index in [1.807, 2.05) is 20.8 Å². The van der Waals surface area contributed by atoms with E-state index < -0.39 is 17.8 Å². The molecule has 0 saturated heterocycles. The van der Waals surface area contributed by atoms with Gasteiger partial charge in [-0.1, -0.05) is 57.9 Å². The summed E-state index contributed by atoms with van der Waals surface area (Å²) in [6.07, 6.45) is 13.4. The van der Waals surface area contributed by atoms with Crippen molar-refractivity contribution in [2.75, 3.05) is 0 Å². The second-order valence-electron chi connectivity index (χ2n) is 11.8. The lowest BCUT2D eigenvalue weighted by Gasteiger charge is -2.44.